The second-order valence-electron chi connectivity index (χ2n) is 3.85. The van der Waals surface area contributed by atoms with Gasteiger partial charge in [0.05, 0.1) is 24.3 Å². The average molecular weight is 285 g/mol. The number of imidazole rings is 1. The molecule has 0 saturated carbocycles. The van der Waals surface area contributed by atoms with Gasteiger partial charge in [0.25, 0.3) is 10.5 Å². The molecule has 0 spiro atoms. The van der Waals surface area contributed by atoms with Gasteiger partial charge in [-0.1, -0.05) is 0 Å². The van der Waals surface area contributed by atoms with E-state index in [4.69, 9.17) is 23.2 Å². The molecule has 0 bridgehead atoms. The van der Waals surface area contributed by atoms with Gasteiger partial charge in [-0.2, -0.15) is 0 Å². The summed E-state index contributed by atoms with van der Waals surface area (Å²) in [6.45, 7) is 0.748. The van der Waals surface area contributed by atoms with Gasteiger partial charge < -0.3 is 9.47 Å². The predicted octanol–water partition coefficient (Wildman–Crippen LogP) is 1.05. The first-order chi connectivity index (χ1) is 8.58. The van der Waals surface area contributed by atoms with Gasteiger partial charge in [0.15, 0.2) is 0 Å². The molecule has 2 aliphatic heterocycles. The van der Waals surface area contributed by atoms with Crippen LogP contribution in [0.2, 0.25) is 0 Å². The third-order valence-electron chi connectivity index (χ3n) is 2.85. The summed E-state index contributed by atoms with van der Waals surface area (Å²) in [7, 11) is 0. The number of fused-ring (bicyclic) bond motifs is 2. The van der Waals surface area contributed by atoms with Crippen molar-refractivity contribution in [2.24, 2.45) is 4.99 Å². The number of allylic oxidation sites excluding steroid dienone is 1. The Morgan fingerprint density at radius 1 is 1.28 bits per heavy atom. The van der Waals surface area contributed by atoms with Crippen molar-refractivity contribution >= 4 is 45.6 Å². The Morgan fingerprint density at radius 3 is 2.72 bits per heavy atom. The van der Waals surface area contributed by atoms with E-state index >= 15 is 0 Å². The fraction of sp³-hybridized carbons (Fsp3) is 0.200. The van der Waals surface area contributed by atoms with Crippen LogP contribution in [0.15, 0.2) is 17.0 Å². The molecule has 3 rings (SSSR count). The summed E-state index contributed by atoms with van der Waals surface area (Å²) < 4.78 is 1.65. The van der Waals surface area contributed by atoms with E-state index in [1.54, 1.807) is 10.8 Å². The van der Waals surface area contributed by atoms with Gasteiger partial charge in [0.1, 0.15) is 18.1 Å². The Bertz CT molecular complexity index is 632. The zero-order valence-electron chi connectivity index (χ0n) is 8.93. The van der Waals surface area contributed by atoms with Crippen molar-refractivity contribution < 1.29 is 9.59 Å². The molecule has 0 N–H and O–H groups in total. The minimum absolute atomic E-state index is 0.220. The molecule has 1 aromatic heterocycles. The second kappa shape index (κ2) is 3.93. The summed E-state index contributed by atoms with van der Waals surface area (Å²) >= 11 is 10.9. The highest BCUT2D eigenvalue weighted by molar-refractivity contribution is 6.84. The first-order valence-electron chi connectivity index (χ1n) is 5.05. The lowest BCUT2D eigenvalue weighted by molar-refractivity contribution is -0.106. The highest BCUT2D eigenvalue weighted by atomic mass is 35.5. The van der Waals surface area contributed by atoms with Crippen LogP contribution in [0.3, 0.4) is 0 Å². The molecule has 0 amide bonds. The maximum absolute atomic E-state index is 11.2. The van der Waals surface area contributed by atoms with Gasteiger partial charge in [0, 0.05) is 6.20 Å². The lowest BCUT2D eigenvalue weighted by Gasteiger charge is -2.24. The highest BCUT2D eigenvalue weighted by Crippen LogP contribution is 2.27. The fourth-order valence-electron chi connectivity index (χ4n) is 2.03. The lowest BCUT2D eigenvalue weighted by Crippen LogP contribution is -2.28. The van der Waals surface area contributed by atoms with Crippen LogP contribution in [0.1, 0.15) is 16.2 Å². The van der Waals surface area contributed by atoms with E-state index in [2.05, 4.69) is 9.98 Å². The van der Waals surface area contributed by atoms with Crippen LogP contribution in [-0.2, 0) is 11.3 Å². The maximum atomic E-state index is 11.2. The quantitative estimate of drug-likeness (QED) is 0.762. The van der Waals surface area contributed by atoms with Crippen molar-refractivity contribution in [3.05, 3.63) is 23.4 Å². The van der Waals surface area contributed by atoms with Crippen LogP contribution in [0.4, 0.5) is 0 Å². The monoisotopic (exact) mass is 284 g/mol. The van der Waals surface area contributed by atoms with Crippen molar-refractivity contribution in [1.29, 1.82) is 0 Å². The molecule has 0 saturated heterocycles. The Hall–Kier alpha value is -1.66. The number of rotatable bonds is 2. The van der Waals surface area contributed by atoms with Crippen LogP contribution < -0.4 is 0 Å². The molecule has 2 aliphatic rings. The average Bonchev–Trinajstić information content (AvgIpc) is 2.87. The molecule has 92 valence electrons. The van der Waals surface area contributed by atoms with Crippen molar-refractivity contribution in [3.8, 4) is 0 Å². The Balaban J connectivity index is 2.07. The van der Waals surface area contributed by atoms with Crippen LogP contribution in [-0.4, -0.2) is 37.3 Å². The van der Waals surface area contributed by atoms with Crippen LogP contribution in [0.5, 0.6) is 0 Å². The number of hydrogen-bond donors (Lipinski definition) is 0. The van der Waals surface area contributed by atoms with Crippen molar-refractivity contribution in [2.45, 2.75) is 6.54 Å². The number of carbonyl (C=O) groups is 2. The fourth-order valence-corrected chi connectivity index (χ4v) is 2.35. The van der Waals surface area contributed by atoms with Gasteiger partial charge in [-0.25, -0.2) is 4.98 Å². The van der Waals surface area contributed by atoms with E-state index in [-0.39, 0.29) is 11.4 Å². The lowest BCUT2D eigenvalue weighted by atomic mass is 10.2. The van der Waals surface area contributed by atoms with Gasteiger partial charge in [-0.3, -0.25) is 14.6 Å². The topological polar surface area (TPSA) is 67.6 Å². The first kappa shape index (κ1) is 11.4. The molecule has 0 aromatic carbocycles. The maximum Gasteiger partial charge on any atom is 0.272 e. The summed E-state index contributed by atoms with van der Waals surface area (Å²) in [5, 5.41) is -1.20. The zero-order chi connectivity index (χ0) is 12.9. The zero-order valence-corrected chi connectivity index (χ0v) is 10.4. The van der Waals surface area contributed by atoms with Crippen LogP contribution >= 0.6 is 23.2 Å². The van der Waals surface area contributed by atoms with Crippen molar-refractivity contribution in [3.63, 3.8) is 0 Å². The van der Waals surface area contributed by atoms with Crippen molar-refractivity contribution in [2.75, 3.05) is 6.67 Å². The van der Waals surface area contributed by atoms with E-state index in [0.717, 1.165) is 0 Å². The molecule has 0 atom stereocenters. The normalized spacial score (nSPS) is 16.9. The molecule has 0 aliphatic carbocycles. The van der Waals surface area contributed by atoms with Crippen molar-refractivity contribution in [1.82, 2.24) is 14.5 Å². The molecular formula is C10H6Cl2N4O2. The SMILES string of the molecule is O=C(Cl)C1=NCN2Cc3c(C(=O)Cl)ncn3C=C12. The van der Waals surface area contributed by atoms with Crippen LogP contribution in [0, 0.1) is 0 Å². The number of halogens is 2. The molecule has 8 heteroatoms. The summed E-state index contributed by atoms with van der Waals surface area (Å²) in [5.41, 5.74) is 1.76. The predicted molar refractivity (Wildman–Crippen MR) is 65.4 cm³/mol. The van der Waals surface area contributed by atoms with Gasteiger partial charge in [-0.05, 0) is 23.2 Å². The Labute approximate surface area is 112 Å². The summed E-state index contributed by atoms with van der Waals surface area (Å²) in [6, 6.07) is 0. The molecule has 3 heterocycles. The third-order valence-corrected chi connectivity index (χ3v) is 3.21. The molecule has 1 aromatic rings. The van der Waals surface area contributed by atoms with Gasteiger partial charge in [-0.15, -0.1) is 0 Å². The highest BCUT2D eigenvalue weighted by Gasteiger charge is 2.31. The number of aromatic nitrogens is 2. The van der Waals surface area contributed by atoms with Crippen LogP contribution in [0.25, 0.3) is 6.20 Å². The van der Waals surface area contributed by atoms with E-state index in [1.807, 2.05) is 4.90 Å². The van der Waals surface area contributed by atoms with E-state index in [0.29, 0.717) is 24.6 Å². The van der Waals surface area contributed by atoms with E-state index < -0.39 is 10.5 Å². The largest absolute Gasteiger partial charge is 0.343 e. The molecule has 0 unspecified atom stereocenters. The minimum atomic E-state index is -0.602. The smallest absolute Gasteiger partial charge is 0.272 e. The Morgan fingerprint density at radius 2 is 2.06 bits per heavy atom. The van der Waals surface area contributed by atoms with E-state index in [9.17, 15) is 9.59 Å². The second-order valence-corrected chi connectivity index (χ2v) is 4.54. The summed E-state index contributed by atoms with van der Waals surface area (Å²) in [4.78, 5) is 32.2. The van der Waals surface area contributed by atoms with E-state index in [1.165, 1.54) is 6.33 Å². The number of aliphatic imine (C=N–C) groups is 1. The summed E-state index contributed by atoms with van der Waals surface area (Å²) in [6.07, 6.45) is 3.14. The van der Waals surface area contributed by atoms with Gasteiger partial charge in [0.2, 0.25) is 0 Å². The third kappa shape index (κ3) is 1.57. The first-order valence-corrected chi connectivity index (χ1v) is 5.80. The number of hydrogen-bond acceptors (Lipinski definition) is 5. The molecule has 6 nitrogen and oxygen atoms in total. The Kier molecular flexibility index (Phi) is 2.49. The molecule has 18 heavy (non-hydrogen) atoms. The number of nitrogens with zero attached hydrogens (tertiary/aromatic N) is 4. The van der Waals surface area contributed by atoms with Gasteiger partial charge >= 0.3 is 0 Å². The molecule has 0 radical (unpaired) electrons. The minimum Gasteiger partial charge on any atom is -0.343 e. The molecule has 0 fully saturated rings. The number of carbonyl (C=O) groups excluding carboxylic acids is 2. The standard InChI is InChI=1S/C10H6Cl2N4O2/c11-9(17)7-5-1-15-3-13-8(10(12)18)6(15)2-16(5)4-14-7/h1,3H,2,4H2. The molecular weight excluding hydrogens is 279 g/mol. The summed E-state index contributed by atoms with van der Waals surface area (Å²) in [5.74, 6) is 0.